The maximum atomic E-state index is 13.2. The average molecular weight is 336 g/mol. The first kappa shape index (κ1) is 16.2. The van der Waals surface area contributed by atoms with Gasteiger partial charge in [0.25, 0.3) is 5.91 Å². The number of benzene rings is 1. The van der Waals surface area contributed by atoms with E-state index < -0.39 is 11.6 Å². The van der Waals surface area contributed by atoms with Crippen molar-refractivity contribution in [1.82, 2.24) is 15.5 Å². The zero-order valence-corrected chi connectivity index (χ0v) is 12.9. The van der Waals surface area contributed by atoms with Gasteiger partial charge in [0.15, 0.2) is 0 Å². The standard InChI is InChI=1S/C16H18F2N4O2/c17-9-5-10(18)7-13(6-9)24-12-3-1-11(2-4-12)20-16(23)14-8-15(19)22-21-14/h5-8,11-12H,1-4H2,(H,20,23)(H3,19,21,22). The fraction of sp³-hybridized carbons (Fsp3) is 0.375. The number of amides is 1. The minimum atomic E-state index is -0.662. The van der Waals surface area contributed by atoms with E-state index in [0.29, 0.717) is 18.5 Å². The number of ether oxygens (including phenoxy) is 1. The van der Waals surface area contributed by atoms with Crippen molar-refractivity contribution in [3.8, 4) is 5.75 Å². The van der Waals surface area contributed by atoms with Gasteiger partial charge in [0.05, 0.1) is 6.10 Å². The third-order valence-electron chi connectivity index (χ3n) is 3.99. The molecule has 0 aliphatic heterocycles. The topological polar surface area (TPSA) is 93.0 Å². The highest BCUT2D eigenvalue weighted by molar-refractivity contribution is 5.93. The minimum absolute atomic E-state index is 0.0196. The fourth-order valence-electron chi connectivity index (χ4n) is 2.83. The van der Waals surface area contributed by atoms with Crippen molar-refractivity contribution in [3.63, 3.8) is 0 Å². The van der Waals surface area contributed by atoms with E-state index in [1.807, 2.05) is 0 Å². The van der Waals surface area contributed by atoms with E-state index >= 15 is 0 Å². The van der Waals surface area contributed by atoms with E-state index in [-0.39, 0.29) is 29.6 Å². The lowest BCUT2D eigenvalue weighted by molar-refractivity contribution is 0.0888. The highest BCUT2D eigenvalue weighted by Gasteiger charge is 2.24. The number of nitrogens with zero attached hydrogens (tertiary/aromatic N) is 1. The number of halogens is 2. The number of anilines is 1. The lowest BCUT2D eigenvalue weighted by atomic mass is 9.93. The number of aromatic amines is 1. The molecule has 1 heterocycles. The highest BCUT2D eigenvalue weighted by Crippen LogP contribution is 2.25. The summed E-state index contributed by atoms with van der Waals surface area (Å²) in [5.41, 5.74) is 5.79. The molecular formula is C16H18F2N4O2. The summed E-state index contributed by atoms with van der Waals surface area (Å²) >= 11 is 0. The summed E-state index contributed by atoms with van der Waals surface area (Å²) in [6.45, 7) is 0. The third kappa shape index (κ3) is 4.01. The lowest BCUT2D eigenvalue weighted by Gasteiger charge is -2.29. The molecule has 1 fully saturated rings. The van der Waals surface area contributed by atoms with Gasteiger partial charge in [-0.25, -0.2) is 8.78 Å². The number of hydrogen-bond donors (Lipinski definition) is 3. The molecule has 24 heavy (non-hydrogen) atoms. The molecular weight excluding hydrogens is 318 g/mol. The Balaban J connectivity index is 1.49. The van der Waals surface area contributed by atoms with E-state index in [9.17, 15) is 13.6 Å². The van der Waals surface area contributed by atoms with E-state index in [2.05, 4.69) is 15.5 Å². The van der Waals surface area contributed by atoms with Crippen LogP contribution in [0.3, 0.4) is 0 Å². The first-order valence-corrected chi connectivity index (χ1v) is 7.74. The van der Waals surface area contributed by atoms with Crippen LogP contribution in [0.5, 0.6) is 5.75 Å². The molecule has 0 atom stereocenters. The molecule has 1 aliphatic carbocycles. The third-order valence-corrected chi connectivity index (χ3v) is 3.99. The van der Waals surface area contributed by atoms with Crippen molar-refractivity contribution < 1.29 is 18.3 Å². The summed E-state index contributed by atoms with van der Waals surface area (Å²) < 4.78 is 32.0. The molecule has 1 aliphatic rings. The first-order chi connectivity index (χ1) is 11.5. The molecule has 0 radical (unpaired) electrons. The van der Waals surface area contributed by atoms with Crippen molar-refractivity contribution in [1.29, 1.82) is 0 Å². The van der Waals surface area contributed by atoms with Crippen LogP contribution in [0.1, 0.15) is 36.2 Å². The van der Waals surface area contributed by atoms with Crippen LogP contribution in [-0.2, 0) is 0 Å². The minimum Gasteiger partial charge on any atom is -0.490 e. The number of rotatable bonds is 4. The predicted molar refractivity (Wildman–Crippen MR) is 83.5 cm³/mol. The normalized spacial score (nSPS) is 20.6. The molecule has 0 unspecified atom stereocenters. The predicted octanol–water partition coefficient (Wildman–Crippen LogP) is 2.39. The number of H-pyrrole nitrogens is 1. The SMILES string of the molecule is Nc1cc(C(=O)NC2CCC(Oc3cc(F)cc(F)c3)CC2)[nH]n1. The summed E-state index contributed by atoms with van der Waals surface area (Å²) in [4.78, 5) is 12.0. The Kier molecular flexibility index (Phi) is 4.64. The Morgan fingerprint density at radius 2 is 1.83 bits per heavy atom. The van der Waals surface area contributed by atoms with Gasteiger partial charge < -0.3 is 15.8 Å². The van der Waals surface area contributed by atoms with E-state index in [4.69, 9.17) is 10.5 Å². The highest BCUT2D eigenvalue weighted by atomic mass is 19.1. The van der Waals surface area contributed by atoms with Gasteiger partial charge >= 0.3 is 0 Å². The largest absolute Gasteiger partial charge is 0.490 e. The van der Waals surface area contributed by atoms with E-state index in [1.54, 1.807) is 0 Å². The lowest BCUT2D eigenvalue weighted by Crippen LogP contribution is -2.39. The maximum Gasteiger partial charge on any atom is 0.269 e. The molecule has 1 saturated carbocycles. The van der Waals surface area contributed by atoms with Crippen LogP contribution >= 0.6 is 0 Å². The molecule has 1 aromatic carbocycles. The fourth-order valence-corrected chi connectivity index (χ4v) is 2.83. The molecule has 1 amide bonds. The van der Waals surface area contributed by atoms with Gasteiger partial charge in [-0.1, -0.05) is 0 Å². The Morgan fingerprint density at radius 1 is 1.17 bits per heavy atom. The summed E-state index contributed by atoms with van der Waals surface area (Å²) in [6.07, 6.45) is 2.69. The number of nitrogens with one attached hydrogen (secondary N) is 2. The quantitative estimate of drug-likeness (QED) is 0.799. The van der Waals surface area contributed by atoms with Gasteiger partial charge in [-0.05, 0) is 25.7 Å². The number of hydrogen-bond acceptors (Lipinski definition) is 4. The Hall–Kier alpha value is -2.64. The van der Waals surface area contributed by atoms with Crippen LogP contribution in [0, 0.1) is 11.6 Å². The van der Waals surface area contributed by atoms with Gasteiger partial charge in [0.2, 0.25) is 0 Å². The summed E-state index contributed by atoms with van der Waals surface area (Å²) in [5.74, 6) is -1.13. The molecule has 0 bridgehead atoms. The molecule has 3 rings (SSSR count). The van der Waals surface area contributed by atoms with Gasteiger partial charge in [-0.2, -0.15) is 5.10 Å². The summed E-state index contributed by atoms with van der Waals surface area (Å²) in [5, 5.41) is 9.19. The second kappa shape index (κ2) is 6.86. The Labute approximate surface area is 137 Å². The number of nitrogens with two attached hydrogens (primary N) is 1. The van der Waals surface area contributed by atoms with E-state index in [0.717, 1.165) is 18.9 Å². The molecule has 128 valence electrons. The zero-order valence-electron chi connectivity index (χ0n) is 12.9. The van der Waals surface area contributed by atoms with Gasteiger partial charge in [-0.15, -0.1) is 0 Å². The monoisotopic (exact) mass is 336 g/mol. The molecule has 2 aromatic rings. The smallest absolute Gasteiger partial charge is 0.269 e. The maximum absolute atomic E-state index is 13.2. The van der Waals surface area contributed by atoms with Crippen molar-refractivity contribution in [2.45, 2.75) is 37.8 Å². The Morgan fingerprint density at radius 3 is 2.42 bits per heavy atom. The molecule has 6 nitrogen and oxygen atoms in total. The van der Waals surface area contributed by atoms with Gasteiger partial charge in [-0.3, -0.25) is 9.89 Å². The number of carbonyl (C=O) groups excluding carboxylic acids is 1. The summed E-state index contributed by atoms with van der Waals surface area (Å²) in [7, 11) is 0. The number of carbonyl (C=O) groups is 1. The van der Waals surface area contributed by atoms with Gasteiger partial charge in [0.1, 0.15) is 28.9 Å². The van der Waals surface area contributed by atoms with Crippen LogP contribution in [0.25, 0.3) is 0 Å². The molecule has 8 heteroatoms. The Bertz CT molecular complexity index is 706. The van der Waals surface area contributed by atoms with E-state index in [1.165, 1.54) is 18.2 Å². The zero-order chi connectivity index (χ0) is 17.1. The number of nitrogen functional groups attached to an aromatic ring is 1. The van der Waals surface area contributed by atoms with Crippen LogP contribution in [0.2, 0.25) is 0 Å². The van der Waals surface area contributed by atoms with Crippen LogP contribution in [0.15, 0.2) is 24.3 Å². The van der Waals surface area contributed by atoms with Crippen molar-refractivity contribution in [3.05, 3.63) is 41.6 Å². The van der Waals surface area contributed by atoms with Crippen LogP contribution in [0.4, 0.5) is 14.6 Å². The van der Waals surface area contributed by atoms with Crippen molar-refractivity contribution in [2.75, 3.05) is 5.73 Å². The van der Waals surface area contributed by atoms with Crippen LogP contribution in [-0.4, -0.2) is 28.3 Å². The van der Waals surface area contributed by atoms with Crippen molar-refractivity contribution >= 4 is 11.7 Å². The van der Waals surface area contributed by atoms with Crippen molar-refractivity contribution in [2.24, 2.45) is 0 Å². The second-order valence-electron chi connectivity index (χ2n) is 5.88. The summed E-state index contributed by atoms with van der Waals surface area (Å²) in [6, 6.07) is 4.63. The molecule has 0 spiro atoms. The average Bonchev–Trinajstić information content (AvgIpc) is 2.95. The second-order valence-corrected chi connectivity index (χ2v) is 5.88. The first-order valence-electron chi connectivity index (χ1n) is 7.74. The molecule has 1 aromatic heterocycles. The van der Waals surface area contributed by atoms with Gasteiger partial charge in [0, 0.05) is 30.3 Å². The molecule has 4 N–H and O–H groups in total. The number of aromatic nitrogens is 2. The molecule has 0 saturated heterocycles. The van der Waals surface area contributed by atoms with Crippen LogP contribution < -0.4 is 15.8 Å².